The molecule has 174 valence electrons. The molecule has 1 amide bonds. The maximum absolute atomic E-state index is 14.6. The van der Waals surface area contributed by atoms with Crippen LogP contribution < -0.4 is 14.8 Å². The molecule has 0 radical (unpaired) electrons. The lowest BCUT2D eigenvalue weighted by molar-refractivity contribution is 0.0525. The predicted molar refractivity (Wildman–Crippen MR) is 117 cm³/mol. The van der Waals surface area contributed by atoms with Crippen LogP contribution >= 0.6 is 0 Å². The summed E-state index contributed by atoms with van der Waals surface area (Å²) in [6.07, 6.45) is 1.13. The lowest BCUT2D eigenvalue weighted by Crippen LogP contribution is -2.17. The normalized spacial score (nSPS) is 11.5. The Bertz CT molecular complexity index is 1150. The maximum Gasteiger partial charge on any atom is 0.338 e. The SMILES string of the molecule is CCOC(=O)c1ccc(Oc2cc(O[C@@H](C)CO)cc(C(=O)Nc3ccn(C)n3)c2)c(F)c1. The maximum atomic E-state index is 14.6. The molecule has 10 heteroatoms. The van der Waals surface area contributed by atoms with E-state index >= 15 is 0 Å². The van der Waals surface area contributed by atoms with Crippen LogP contribution in [0.3, 0.4) is 0 Å². The third-order valence-electron chi connectivity index (χ3n) is 4.36. The van der Waals surface area contributed by atoms with E-state index in [4.69, 9.17) is 14.2 Å². The second kappa shape index (κ2) is 10.6. The van der Waals surface area contributed by atoms with Crippen LogP contribution in [0, 0.1) is 5.82 Å². The van der Waals surface area contributed by atoms with Gasteiger partial charge in [-0.2, -0.15) is 5.10 Å². The van der Waals surface area contributed by atoms with Gasteiger partial charge in [0.15, 0.2) is 17.4 Å². The number of nitrogens with zero attached hydrogens (tertiary/aromatic N) is 2. The summed E-state index contributed by atoms with van der Waals surface area (Å²) >= 11 is 0. The number of aryl methyl sites for hydroxylation is 1. The number of halogens is 1. The largest absolute Gasteiger partial charge is 0.488 e. The molecule has 1 heterocycles. The second-order valence-corrected chi connectivity index (χ2v) is 7.10. The van der Waals surface area contributed by atoms with Gasteiger partial charge >= 0.3 is 5.97 Å². The molecule has 0 saturated heterocycles. The number of hydrogen-bond donors (Lipinski definition) is 2. The lowest BCUT2D eigenvalue weighted by Gasteiger charge is -2.15. The Morgan fingerprint density at radius 2 is 1.91 bits per heavy atom. The van der Waals surface area contributed by atoms with Gasteiger partial charge in [-0.05, 0) is 44.2 Å². The molecular weight excluding hydrogens is 433 g/mol. The van der Waals surface area contributed by atoms with Crippen LogP contribution in [0.2, 0.25) is 0 Å². The molecule has 0 aliphatic rings. The molecule has 0 aliphatic carbocycles. The van der Waals surface area contributed by atoms with E-state index in [0.29, 0.717) is 5.82 Å². The molecule has 0 fully saturated rings. The Kier molecular flexibility index (Phi) is 7.62. The predicted octanol–water partition coefficient (Wildman–Crippen LogP) is 3.54. The van der Waals surface area contributed by atoms with E-state index in [1.54, 1.807) is 33.2 Å². The molecule has 3 rings (SSSR count). The number of amides is 1. The van der Waals surface area contributed by atoms with Crippen LogP contribution in [0.1, 0.15) is 34.6 Å². The average molecular weight is 457 g/mol. The molecule has 2 N–H and O–H groups in total. The standard InChI is InChI=1S/C23H24FN3O6/c1-4-31-23(30)15-5-6-20(19(24)11-15)33-18-10-16(9-17(12-18)32-14(2)13-28)22(29)25-21-7-8-27(3)26-21/h5-12,14,28H,4,13H2,1-3H3,(H,25,26,29)/t14-/m0/s1. The van der Waals surface area contributed by atoms with Gasteiger partial charge in [0.25, 0.3) is 5.91 Å². The van der Waals surface area contributed by atoms with Crippen LogP contribution in [0.15, 0.2) is 48.7 Å². The number of rotatable bonds is 9. The molecule has 0 aliphatic heterocycles. The molecule has 1 aromatic heterocycles. The number of carbonyl (C=O) groups excluding carboxylic acids is 2. The number of aromatic nitrogens is 2. The topological polar surface area (TPSA) is 112 Å². The van der Waals surface area contributed by atoms with E-state index in [1.165, 1.54) is 35.0 Å². The van der Waals surface area contributed by atoms with Gasteiger partial charge < -0.3 is 24.6 Å². The molecule has 1 atom stereocenters. The smallest absolute Gasteiger partial charge is 0.338 e. The van der Waals surface area contributed by atoms with Crippen molar-refractivity contribution in [3.8, 4) is 17.2 Å². The first-order chi connectivity index (χ1) is 15.8. The molecular formula is C23H24FN3O6. The van der Waals surface area contributed by atoms with Gasteiger partial charge in [-0.25, -0.2) is 9.18 Å². The van der Waals surface area contributed by atoms with Crippen LogP contribution in [-0.4, -0.2) is 46.1 Å². The molecule has 0 unspecified atom stereocenters. The summed E-state index contributed by atoms with van der Waals surface area (Å²) in [5.74, 6) is -1.37. The van der Waals surface area contributed by atoms with Gasteiger partial charge in [0.1, 0.15) is 17.6 Å². The molecule has 2 aromatic carbocycles. The lowest BCUT2D eigenvalue weighted by atomic mass is 10.1. The first kappa shape index (κ1) is 23.7. The summed E-state index contributed by atoms with van der Waals surface area (Å²) in [6.45, 7) is 3.22. The van der Waals surface area contributed by atoms with E-state index in [1.807, 2.05) is 0 Å². The molecule has 3 aromatic rings. The quantitative estimate of drug-likeness (QED) is 0.473. The van der Waals surface area contributed by atoms with E-state index < -0.39 is 23.8 Å². The minimum Gasteiger partial charge on any atom is -0.488 e. The number of aliphatic hydroxyl groups is 1. The zero-order valence-corrected chi connectivity index (χ0v) is 18.4. The summed E-state index contributed by atoms with van der Waals surface area (Å²) in [7, 11) is 1.72. The number of benzene rings is 2. The fourth-order valence-corrected chi connectivity index (χ4v) is 2.82. The van der Waals surface area contributed by atoms with E-state index in [2.05, 4.69) is 10.4 Å². The van der Waals surface area contributed by atoms with E-state index in [-0.39, 0.29) is 41.6 Å². The van der Waals surface area contributed by atoms with Crippen LogP contribution in [-0.2, 0) is 11.8 Å². The number of anilines is 1. The van der Waals surface area contributed by atoms with Crippen molar-refractivity contribution in [3.63, 3.8) is 0 Å². The summed E-state index contributed by atoms with van der Waals surface area (Å²) in [4.78, 5) is 24.5. The Labute approximate surface area is 189 Å². The van der Waals surface area contributed by atoms with Gasteiger partial charge in [0.05, 0.1) is 18.8 Å². The van der Waals surface area contributed by atoms with E-state index in [9.17, 15) is 19.1 Å². The second-order valence-electron chi connectivity index (χ2n) is 7.10. The molecule has 0 bridgehead atoms. The van der Waals surface area contributed by atoms with Crippen LogP contribution in [0.4, 0.5) is 10.2 Å². The number of aliphatic hydroxyl groups excluding tert-OH is 1. The molecule has 9 nitrogen and oxygen atoms in total. The van der Waals surface area contributed by atoms with Crippen molar-refractivity contribution in [2.24, 2.45) is 7.05 Å². The summed E-state index contributed by atoms with van der Waals surface area (Å²) in [5.41, 5.74) is 0.216. The van der Waals surface area contributed by atoms with Crippen molar-refractivity contribution in [3.05, 3.63) is 65.6 Å². The number of ether oxygens (including phenoxy) is 3. The fraction of sp³-hybridized carbons (Fsp3) is 0.261. The zero-order chi connectivity index (χ0) is 24.0. The highest BCUT2D eigenvalue weighted by atomic mass is 19.1. The van der Waals surface area contributed by atoms with Gasteiger partial charge in [-0.15, -0.1) is 0 Å². The third-order valence-corrected chi connectivity index (χ3v) is 4.36. The van der Waals surface area contributed by atoms with Crippen molar-refractivity contribution in [1.29, 1.82) is 0 Å². The van der Waals surface area contributed by atoms with Crippen molar-refractivity contribution < 1.29 is 33.3 Å². The number of nitrogens with one attached hydrogen (secondary N) is 1. The van der Waals surface area contributed by atoms with Crippen molar-refractivity contribution in [2.75, 3.05) is 18.5 Å². The van der Waals surface area contributed by atoms with Crippen molar-refractivity contribution >= 4 is 17.7 Å². The van der Waals surface area contributed by atoms with Crippen molar-refractivity contribution in [1.82, 2.24) is 9.78 Å². The van der Waals surface area contributed by atoms with Crippen LogP contribution in [0.25, 0.3) is 0 Å². The summed E-state index contributed by atoms with van der Waals surface area (Å²) in [6, 6.07) is 9.64. The van der Waals surface area contributed by atoms with E-state index in [0.717, 1.165) is 6.07 Å². The Morgan fingerprint density at radius 1 is 1.15 bits per heavy atom. The highest BCUT2D eigenvalue weighted by Crippen LogP contribution is 2.30. The number of esters is 1. The molecule has 0 saturated carbocycles. The summed E-state index contributed by atoms with van der Waals surface area (Å²) in [5, 5.41) is 16.0. The molecule has 0 spiro atoms. The zero-order valence-electron chi connectivity index (χ0n) is 18.4. The fourth-order valence-electron chi connectivity index (χ4n) is 2.82. The highest BCUT2D eigenvalue weighted by Gasteiger charge is 2.16. The third kappa shape index (κ3) is 6.30. The summed E-state index contributed by atoms with van der Waals surface area (Å²) < 4.78 is 32.2. The Balaban J connectivity index is 1.88. The minimum absolute atomic E-state index is 0.0472. The van der Waals surface area contributed by atoms with Gasteiger partial charge in [-0.3, -0.25) is 9.48 Å². The highest BCUT2D eigenvalue weighted by molar-refractivity contribution is 6.04. The minimum atomic E-state index is -0.782. The molecule has 33 heavy (non-hydrogen) atoms. The van der Waals surface area contributed by atoms with Gasteiger partial charge in [-0.1, -0.05) is 0 Å². The number of carbonyl (C=O) groups is 2. The average Bonchev–Trinajstić information content (AvgIpc) is 3.19. The Hall–Kier alpha value is -3.92. The van der Waals surface area contributed by atoms with Crippen LogP contribution in [0.5, 0.6) is 17.2 Å². The first-order valence-corrected chi connectivity index (χ1v) is 10.2. The Morgan fingerprint density at radius 3 is 2.55 bits per heavy atom. The van der Waals surface area contributed by atoms with Crippen molar-refractivity contribution in [2.45, 2.75) is 20.0 Å². The van der Waals surface area contributed by atoms with Gasteiger partial charge in [0.2, 0.25) is 0 Å². The number of hydrogen-bond acceptors (Lipinski definition) is 7. The first-order valence-electron chi connectivity index (χ1n) is 10.2. The monoisotopic (exact) mass is 457 g/mol. The van der Waals surface area contributed by atoms with Gasteiger partial charge in [0, 0.05) is 30.9 Å².